The highest BCUT2D eigenvalue weighted by Crippen LogP contribution is 2.36. The van der Waals surface area contributed by atoms with Crippen molar-refractivity contribution in [3.8, 4) is 0 Å². The topological polar surface area (TPSA) is 132 Å². The van der Waals surface area contributed by atoms with Crippen LogP contribution < -0.4 is 0 Å². The largest absolute Gasteiger partial charge is 0.481 e. The van der Waals surface area contributed by atoms with Gasteiger partial charge in [-0.2, -0.15) is 0 Å². The summed E-state index contributed by atoms with van der Waals surface area (Å²) in [5.41, 5.74) is 11.2. The minimum atomic E-state index is -0.914. The van der Waals surface area contributed by atoms with Gasteiger partial charge in [0, 0.05) is 46.1 Å². The summed E-state index contributed by atoms with van der Waals surface area (Å²) in [5, 5.41) is 18.9. The predicted octanol–water partition coefficient (Wildman–Crippen LogP) is 7.20. The van der Waals surface area contributed by atoms with Gasteiger partial charge in [-0.25, -0.2) is 9.97 Å². The second kappa shape index (κ2) is 11.1. The molecule has 8 nitrogen and oxygen atoms in total. The van der Waals surface area contributed by atoms with Gasteiger partial charge in [-0.3, -0.25) is 9.59 Å². The van der Waals surface area contributed by atoms with Gasteiger partial charge in [-0.05, 0) is 98.2 Å². The van der Waals surface area contributed by atoms with Crippen LogP contribution in [-0.4, -0.2) is 42.1 Å². The van der Waals surface area contributed by atoms with Crippen LogP contribution in [0.1, 0.15) is 74.5 Å². The Labute approximate surface area is 246 Å². The first kappa shape index (κ1) is 26.0. The van der Waals surface area contributed by atoms with Crippen LogP contribution >= 0.6 is 0 Å². The van der Waals surface area contributed by atoms with Crippen molar-refractivity contribution in [1.82, 2.24) is 19.9 Å². The van der Waals surface area contributed by atoms with Crippen LogP contribution in [0.5, 0.6) is 0 Å². The highest BCUT2D eigenvalue weighted by molar-refractivity contribution is 5.99. The first-order chi connectivity index (χ1) is 20.8. The number of aromatic amines is 2. The third kappa shape index (κ3) is 5.11. The zero-order chi connectivity index (χ0) is 32.0. The van der Waals surface area contributed by atoms with Gasteiger partial charge >= 0.3 is 11.9 Å². The number of hydrogen-bond donors (Lipinski definition) is 4. The Morgan fingerprint density at radius 3 is 1.55 bits per heavy atom. The Kier molecular flexibility index (Phi) is 6.87. The summed E-state index contributed by atoms with van der Waals surface area (Å²) in [4.78, 5) is 39.7. The van der Waals surface area contributed by atoms with Crippen molar-refractivity contribution in [3.63, 3.8) is 0 Å². The summed E-state index contributed by atoms with van der Waals surface area (Å²) < 4.78 is 16.8. The predicted molar refractivity (Wildman–Crippen MR) is 168 cm³/mol. The third-order valence-electron chi connectivity index (χ3n) is 8.07. The summed E-state index contributed by atoms with van der Waals surface area (Å²) in [6, 6.07) is 7.64. The van der Waals surface area contributed by atoms with Gasteiger partial charge in [0.1, 0.15) is 0 Å². The van der Waals surface area contributed by atoms with E-state index in [0.29, 0.717) is 50.5 Å². The van der Waals surface area contributed by atoms with Gasteiger partial charge in [-0.15, -0.1) is 0 Å². The van der Waals surface area contributed by atoms with Crippen LogP contribution in [0.4, 0.5) is 0 Å². The Morgan fingerprint density at radius 2 is 1.12 bits per heavy atom. The van der Waals surface area contributed by atoms with E-state index in [9.17, 15) is 19.8 Å². The molecule has 0 fully saturated rings. The van der Waals surface area contributed by atoms with E-state index < -0.39 is 11.9 Å². The van der Waals surface area contributed by atoms with Gasteiger partial charge in [0.05, 0.1) is 25.5 Å². The van der Waals surface area contributed by atoms with Gasteiger partial charge in [0.25, 0.3) is 0 Å². The average molecular weight is 567 g/mol. The maximum Gasteiger partial charge on any atom is 0.303 e. The van der Waals surface area contributed by atoms with E-state index in [1.54, 1.807) is 6.07 Å². The van der Waals surface area contributed by atoms with Crippen molar-refractivity contribution in [2.24, 2.45) is 0 Å². The molecule has 0 spiro atoms. The van der Waals surface area contributed by atoms with Gasteiger partial charge in [0.15, 0.2) is 0 Å². The number of carboxylic acids is 2. The molecule has 4 N–H and O–H groups in total. The molecule has 0 radical (unpaired) electrons. The van der Waals surface area contributed by atoms with E-state index in [1.807, 2.05) is 45.9 Å². The molecule has 5 heterocycles. The number of allylic oxidation sites excluding steroid dienone is 6. The van der Waals surface area contributed by atoms with Crippen LogP contribution in [0.25, 0.3) is 44.4 Å². The molecule has 0 unspecified atom stereocenters. The fourth-order valence-electron chi connectivity index (χ4n) is 5.66. The summed E-state index contributed by atoms with van der Waals surface area (Å²) >= 11 is 0. The lowest BCUT2D eigenvalue weighted by Crippen LogP contribution is -1.98. The molecule has 0 amide bonds. The molecule has 5 rings (SSSR count). The quantitative estimate of drug-likeness (QED) is 0.228. The van der Waals surface area contributed by atoms with Crippen molar-refractivity contribution < 1.29 is 22.5 Å². The number of carbonyl (C=O) groups is 2. The summed E-state index contributed by atoms with van der Waals surface area (Å²) in [5.74, 6) is -1.82. The number of carboxylic acid groups (broad SMARTS) is 2. The standard InChI is InChI=1S/C34H34N4O4/c1-7-21-17(3)25-13-26-19(5)23(9-11-33(39)40)31(37-26)16-32-24(10-12-34(41)42)20(6)28(38-32)15-30-22(8-2)18(4)27(36-30)14-29(21)35-25/h7-8,13-16,37-38H,1-2,9-12H2,3-6H3,(H,39,40)(H,41,42)/i7D,8D,37+1,38+1. The molecule has 3 aromatic heterocycles. The molecule has 0 aromatic carbocycles. The Hall–Kier alpha value is -4.98. The number of fused-ring (bicyclic) bond motifs is 8. The number of aromatic nitrogens is 4. The average Bonchev–Trinajstić information content (AvgIpc) is 3.59. The molecule has 8 heteroatoms. The lowest BCUT2D eigenvalue weighted by molar-refractivity contribution is -0.138. The van der Waals surface area contributed by atoms with E-state index in [0.717, 1.165) is 38.9 Å². The Morgan fingerprint density at radius 1 is 0.714 bits per heavy atom. The molecule has 214 valence electrons. The van der Waals surface area contributed by atoms with Gasteiger partial charge in [-0.1, -0.05) is 25.3 Å². The minimum absolute atomic E-state index is 0.0624. The number of aryl methyl sites for hydroxylation is 4. The van der Waals surface area contributed by atoms with E-state index >= 15 is 0 Å². The molecule has 8 bridgehead atoms. The van der Waals surface area contributed by atoms with Gasteiger partial charge < -0.3 is 20.2 Å². The smallest absolute Gasteiger partial charge is 0.303 e. The van der Waals surface area contributed by atoms with E-state index in [-0.39, 0.29) is 37.8 Å². The summed E-state index contributed by atoms with van der Waals surface area (Å²) in [7, 11) is 0. The molecular formula is C34H34N4O4. The SMILES string of the molecule is [2H]C(=C)C1=C(C)c2cc3[15nH]c(cc4[15nH]c(cc5nc(cc1n2)C(C)=C5C([2H])=C)c(C)c4CCC(=O)O)c(CCC(=O)O)c3C. The molecule has 0 atom stereocenters. The monoisotopic (exact) mass is 566 g/mol. The van der Waals surface area contributed by atoms with Crippen LogP contribution in [0, 0.1) is 13.8 Å². The Bertz CT molecular complexity index is 2030. The molecule has 42 heavy (non-hydrogen) atoms. The normalized spacial score (nSPS) is 13.7. The van der Waals surface area contributed by atoms with Gasteiger partial charge in [0.2, 0.25) is 0 Å². The number of aliphatic carboxylic acids is 2. The highest BCUT2D eigenvalue weighted by atomic mass is 16.4. The molecule has 0 saturated heterocycles. The zero-order valence-corrected chi connectivity index (χ0v) is 24.2. The van der Waals surface area contributed by atoms with Crippen LogP contribution in [0.15, 0.2) is 49.5 Å². The van der Waals surface area contributed by atoms with Crippen LogP contribution in [0.3, 0.4) is 0 Å². The number of H-pyrrole nitrogens is 2. The highest BCUT2D eigenvalue weighted by Gasteiger charge is 2.20. The maximum absolute atomic E-state index is 11.6. The van der Waals surface area contributed by atoms with Crippen molar-refractivity contribution in [2.45, 2.75) is 53.4 Å². The molecule has 0 aliphatic carbocycles. The summed E-state index contributed by atoms with van der Waals surface area (Å²) in [6.45, 7) is 15.4. The number of hydrogen-bond acceptors (Lipinski definition) is 4. The third-order valence-corrected chi connectivity index (χ3v) is 8.07. The molecule has 0 saturated carbocycles. The maximum atomic E-state index is 11.6. The fourth-order valence-corrected chi connectivity index (χ4v) is 5.66. The summed E-state index contributed by atoms with van der Waals surface area (Å²) in [6.07, 6.45) is 0.440. The number of nitrogens with one attached hydrogen (secondary N) is 2. The van der Waals surface area contributed by atoms with E-state index in [1.165, 1.54) is 0 Å². The second-order valence-corrected chi connectivity index (χ2v) is 10.6. The van der Waals surface area contributed by atoms with Crippen molar-refractivity contribution in [1.29, 1.82) is 0 Å². The van der Waals surface area contributed by atoms with Crippen molar-refractivity contribution in [3.05, 3.63) is 94.6 Å². The zero-order valence-electron chi connectivity index (χ0n) is 26.2. The minimum Gasteiger partial charge on any atom is -0.481 e. The lowest BCUT2D eigenvalue weighted by Gasteiger charge is -2.00. The van der Waals surface area contributed by atoms with Crippen LogP contribution in [-0.2, 0) is 22.4 Å². The van der Waals surface area contributed by atoms with Crippen molar-refractivity contribution >= 4 is 56.3 Å². The van der Waals surface area contributed by atoms with E-state index in [4.69, 9.17) is 12.7 Å². The molecular weight excluding hydrogens is 530 g/mol. The van der Waals surface area contributed by atoms with Crippen molar-refractivity contribution in [2.75, 3.05) is 0 Å². The second-order valence-electron chi connectivity index (χ2n) is 10.6. The lowest BCUT2D eigenvalue weighted by atomic mass is 10.0. The first-order valence-corrected chi connectivity index (χ1v) is 13.7. The molecule has 2 aliphatic heterocycles. The molecule has 3 aromatic rings. The first-order valence-electron chi connectivity index (χ1n) is 14.7. The van der Waals surface area contributed by atoms with Crippen LogP contribution in [0.2, 0.25) is 0 Å². The number of nitrogens with zero attached hydrogens (tertiary/aromatic N) is 2. The van der Waals surface area contributed by atoms with E-state index in [2.05, 4.69) is 23.1 Å². The fraction of sp³-hybridized carbons (Fsp3) is 0.235. The number of rotatable bonds is 8. The molecule has 2 aliphatic rings. The Balaban J connectivity index is 1.97.